The lowest BCUT2D eigenvalue weighted by molar-refractivity contribution is 0.0697. The second kappa shape index (κ2) is 8.58. The number of piperidine rings is 1. The van der Waals surface area contributed by atoms with Crippen LogP contribution in [0.3, 0.4) is 0 Å². The molecule has 1 amide bonds. The minimum Gasteiger partial charge on any atom is -0.478 e. The maximum absolute atomic E-state index is 12.2. The zero-order valence-electron chi connectivity index (χ0n) is 14.6. The van der Waals surface area contributed by atoms with Crippen LogP contribution in [0.15, 0.2) is 48.8 Å². The molecule has 0 spiro atoms. The lowest BCUT2D eigenvalue weighted by atomic mass is 9.96. The van der Waals surface area contributed by atoms with Crippen LogP contribution in [0.4, 0.5) is 0 Å². The molecule has 0 atom stereocenters. The second-order valence-corrected chi connectivity index (χ2v) is 6.67. The highest BCUT2D eigenvalue weighted by molar-refractivity contribution is 5.97. The van der Waals surface area contributed by atoms with Crippen molar-refractivity contribution in [2.24, 2.45) is 5.92 Å². The molecule has 1 fully saturated rings. The average Bonchev–Trinajstić information content (AvgIpc) is 2.68. The predicted molar refractivity (Wildman–Crippen MR) is 98.0 cm³/mol. The Bertz CT molecular complexity index is 756. The molecule has 3 rings (SSSR count). The zero-order valence-corrected chi connectivity index (χ0v) is 14.6. The molecular formula is C20H23N3O3. The van der Waals surface area contributed by atoms with Crippen LogP contribution in [-0.2, 0) is 6.54 Å². The van der Waals surface area contributed by atoms with Crippen LogP contribution in [0.1, 0.15) is 39.1 Å². The van der Waals surface area contributed by atoms with Crippen molar-refractivity contribution in [3.63, 3.8) is 0 Å². The summed E-state index contributed by atoms with van der Waals surface area (Å²) in [4.78, 5) is 29.7. The number of pyridine rings is 1. The Morgan fingerprint density at radius 1 is 1.12 bits per heavy atom. The molecule has 0 saturated carbocycles. The number of carbonyl (C=O) groups is 2. The van der Waals surface area contributed by atoms with Gasteiger partial charge in [0.05, 0.1) is 5.56 Å². The summed E-state index contributed by atoms with van der Waals surface area (Å²) in [6.07, 6.45) is 5.72. The van der Waals surface area contributed by atoms with Crippen molar-refractivity contribution in [1.29, 1.82) is 0 Å². The Balaban J connectivity index is 1.44. The molecule has 1 aliphatic rings. The van der Waals surface area contributed by atoms with Gasteiger partial charge < -0.3 is 10.4 Å². The number of hydrogen-bond acceptors (Lipinski definition) is 4. The summed E-state index contributed by atoms with van der Waals surface area (Å²) in [5, 5.41) is 12.0. The van der Waals surface area contributed by atoms with E-state index in [1.165, 1.54) is 17.7 Å². The van der Waals surface area contributed by atoms with Crippen LogP contribution < -0.4 is 5.32 Å². The fraction of sp³-hybridized carbons (Fsp3) is 0.350. The maximum Gasteiger partial charge on any atom is 0.335 e. The zero-order chi connectivity index (χ0) is 18.4. The molecule has 0 radical (unpaired) electrons. The number of amides is 1. The molecule has 26 heavy (non-hydrogen) atoms. The number of rotatable bonds is 6. The van der Waals surface area contributed by atoms with Gasteiger partial charge in [-0.3, -0.25) is 14.7 Å². The molecule has 6 heteroatoms. The van der Waals surface area contributed by atoms with Crippen molar-refractivity contribution in [3.05, 3.63) is 65.5 Å². The third kappa shape index (κ3) is 4.89. The largest absolute Gasteiger partial charge is 0.478 e. The highest BCUT2D eigenvalue weighted by Gasteiger charge is 2.20. The summed E-state index contributed by atoms with van der Waals surface area (Å²) in [7, 11) is 0. The van der Waals surface area contributed by atoms with E-state index in [0.29, 0.717) is 18.0 Å². The molecule has 1 aliphatic heterocycles. The number of carboxylic acid groups (broad SMARTS) is 1. The Morgan fingerprint density at radius 3 is 2.50 bits per heavy atom. The molecule has 2 aromatic rings. The SMILES string of the molecule is O=C(O)c1cccc(C(=O)NCC2CCN(Cc3ccncc3)CC2)c1. The first-order valence-corrected chi connectivity index (χ1v) is 8.84. The van der Waals surface area contributed by atoms with Crippen molar-refractivity contribution < 1.29 is 14.7 Å². The first kappa shape index (κ1) is 18.1. The number of nitrogens with one attached hydrogen (secondary N) is 1. The first-order chi connectivity index (χ1) is 12.6. The van der Waals surface area contributed by atoms with Crippen molar-refractivity contribution in [2.75, 3.05) is 19.6 Å². The highest BCUT2D eigenvalue weighted by atomic mass is 16.4. The van der Waals surface area contributed by atoms with Gasteiger partial charge in [-0.25, -0.2) is 4.79 Å². The van der Waals surface area contributed by atoms with Gasteiger partial charge in [0, 0.05) is 31.0 Å². The van der Waals surface area contributed by atoms with E-state index in [4.69, 9.17) is 5.11 Å². The molecule has 1 aromatic heterocycles. The van der Waals surface area contributed by atoms with Gasteiger partial charge in [0.15, 0.2) is 0 Å². The molecule has 1 aromatic carbocycles. The van der Waals surface area contributed by atoms with Crippen molar-refractivity contribution in [2.45, 2.75) is 19.4 Å². The lowest BCUT2D eigenvalue weighted by Gasteiger charge is -2.32. The van der Waals surface area contributed by atoms with Gasteiger partial charge in [-0.15, -0.1) is 0 Å². The predicted octanol–water partition coefficient (Wildman–Crippen LogP) is 2.42. The van der Waals surface area contributed by atoms with E-state index >= 15 is 0 Å². The number of carbonyl (C=O) groups excluding carboxylic acids is 1. The van der Waals surface area contributed by atoms with E-state index in [-0.39, 0.29) is 11.5 Å². The summed E-state index contributed by atoms with van der Waals surface area (Å²) in [5.74, 6) is -0.788. The van der Waals surface area contributed by atoms with E-state index in [1.54, 1.807) is 12.1 Å². The Hall–Kier alpha value is -2.73. The Labute approximate surface area is 152 Å². The normalized spacial score (nSPS) is 15.5. The molecular weight excluding hydrogens is 330 g/mol. The van der Waals surface area contributed by atoms with Crippen LogP contribution in [-0.4, -0.2) is 46.5 Å². The average molecular weight is 353 g/mol. The summed E-state index contributed by atoms with van der Waals surface area (Å²) in [6, 6.07) is 10.2. The van der Waals surface area contributed by atoms with Crippen LogP contribution in [0, 0.1) is 5.92 Å². The van der Waals surface area contributed by atoms with Crippen LogP contribution in [0.2, 0.25) is 0 Å². The monoisotopic (exact) mass is 353 g/mol. The number of benzene rings is 1. The standard InChI is InChI=1S/C20H23N3O3/c24-19(17-2-1-3-18(12-17)20(25)26)22-13-15-6-10-23(11-7-15)14-16-4-8-21-9-5-16/h1-5,8-9,12,15H,6-7,10-11,13-14H2,(H,22,24)(H,25,26). The van der Waals surface area contributed by atoms with Crippen LogP contribution in [0.25, 0.3) is 0 Å². The quantitative estimate of drug-likeness (QED) is 0.833. The minimum absolute atomic E-state index is 0.127. The van der Waals surface area contributed by atoms with E-state index in [9.17, 15) is 9.59 Å². The fourth-order valence-electron chi connectivity index (χ4n) is 3.23. The number of likely N-dealkylation sites (tertiary alicyclic amines) is 1. The first-order valence-electron chi connectivity index (χ1n) is 8.84. The summed E-state index contributed by atoms with van der Waals surface area (Å²) >= 11 is 0. The Kier molecular flexibility index (Phi) is 5.96. The van der Waals surface area contributed by atoms with E-state index in [2.05, 4.69) is 15.2 Å². The summed E-state index contributed by atoms with van der Waals surface area (Å²) in [6.45, 7) is 3.58. The number of aromatic carboxylic acids is 1. The van der Waals surface area contributed by atoms with Gasteiger partial charge in [-0.2, -0.15) is 0 Å². The smallest absolute Gasteiger partial charge is 0.335 e. The van der Waals surface area contributed by atoms with Crippen LogP contribution in [0.5, 0.6) is 0 Å². The molecule has 0 unspecified atom stereocenters. The van der Waals surface area contributed by atoms with Gasteiger partial charge in [0.25, 0.3) is 5.91 Å². The van der Waals surface area contributed by atoms with E-state index in [1.807, 2.05) is 24.5 Å². The van der Waals surface area contributed by atoms with Crippen molar-refractivity contribution >= 4 is 11.9 Å². The van der Waals surface area contributed by atoms with Crippen molar-refractivity contribution in [1.82, 2.24) is 15.2 Å². The Morgan fingerprint density at radius 2 is 1.81 bits per heavy atom. The third-order valence-corrected chi connectivity index (χ3v) is 4.79. The van der Waals surface area contributed by atoms with E-state index < -0.39 is 5.97 Å². The molecule has 2 N–H and O–H groups in total. The number of nitrogens with zero attached hydrogens (tertiary/aromatic N) is 2. The van der Waals surface area contributed by atoms with Gasteiger partial charge in [-0.05, 0) is 67.7 Å². The molecule has 1 saturated heterocycles. The van der Waals surface area contributed by atoms with Crippen molar-refractivity contribution in [3.8, 4) is 0 Å². The topological polar surface area (TPSA) is 82.5 Å². The van der Waals surface area contributed by atoms with E-state index in [0.717, 1.165) is 32.5 Å². The number of carboxylic acids is 1. The molecule has 2 heterocycles. The molecule has 6 nitrogen and oxygen atoms in total. The third-order valence-electron chi connectivity index (χ3n) is 4.79. The summed E-state index contributed by atoms with van der Waals surface area (Å²) < 4.78 is 0. The van der Waals surface area contributed by atoms with Gasteiger partial charge in [0.2, 0.25) is 0 Å². The van der Waals surface area contributed by atoms with Gasteiger partial charge in [0.1, 0.15) is 0 Å². The fourth-order valence-corrected chi connectivity index (χ4v) is 3.23. The molecule has 0 bridgehead atoms. The second-order valence-electron chi connectivity index (χ2n) is 6.67. The lowest BCUT2D eigenvalue weighted by Crippen LogP contribution is -2.38. The summed E-state index contributed by atoms with van der Waals surface area (Å²) in [5.41, 5.74) is 1.78. The minimum atomic E-state index is -1.03. The molecule has 136 valence electrons. The van der Waals surface area contributed by atoms with Gasteiger partial charge in [-0.1, -0.05) is 6.07 Å². The van der Waals surface area contributed by atoms with Crippen LogP contribution >= 0.6 is 0 Å². The maximum atomic E-state index is 12.2. The van der Waals surface area contributed by atoms with Gasteiger partial charge >= 0.3 is 5.97 Å². The highest BCUT2D eigenvalue weighted by Crippen LogP contribution is 2.18. The number of hydrogen-bond donors (Lipinski definition) is 2. The molecule has 0 aliphatic carbocycles. The number of aromatic nitrogens is 1.